The third kappa shape index (κ3) is 6.42. The van der Waals surface area contributed by atoms with Crippen LogP contribution in [0.5, 0.6) is 5.75 Å². The number of benzene rings is 1. The van der Waals surface area contributed by atoms with E-state index in [4.69, 9.17) is 15.9 Å². The first-order valence-electron chi connectivity index (χ1n) is 12.3. The van der Waals surface area contributed by atoms with Crippen molar-refractivity contribution in [2.45, 2.75) is 51.1 Å². The van der Waals surface area contributed by atoms with E-state index in [0.717, 1.165) is 29.9 Å². The summed E-state index contributed by atoms with van der Waals surface area (Å²) in [4.78, 5) is 40.9. The van der Waals surface area contributed by atoms with E-state index in [0.29, 0.717) is 38.1 Å². The molecule has 1 aromatic carbocycles. The number of nitrogens with zero attached hydrogens (tertiary/aromatic N) is 1. The summed E-state index contributed by atoms with van der Waals surface area (Å²) in [6, 6.07) is 10.7. The fraction of sp³-hybridized carbons (Fsp3) is 0.462. The number of hydrogen-bond donors (Lipinski definition) is 4. The Bertz CT molecular complexity index is 1100. The standard InChI is InChI=1S/C26H33N5O4S/c27-24(28)18-12-20(36-16-18)14-30-25(34)21-13-26(9-5-10-26)17-31(21)23(33)15-29-22(32)8-4-11-35-19-6-2-1-3-7-19/h1-3,6-7,12,16,21H,4-5,8-11,13-15,17H2,(H3,27,28)(H,29,32)(H,30,34). The van der Waals surface area contributed by atoms with Crippen molar-refractivity contribution in [3.8, 4) is 5.75 Å². The number of nitrogen functional groups attached to an aromatic ring is 1. The molecule has 10 heteroatoms. The molecule has 0 bridgehead atoms. The molecule has 192 valence electrons. The van der Waals surface area contributed by atoms with Gasteiger partial charge in [0.05, 0.1) is 19.7 Å². The van der Waals surface area contributed by atoms with E-state index in [-0.39, 0.29) is 41.9 Å². The van der Waals surface area contributed by atoms with E-state index in [9.17, 15) is 14.4 Å². The zero-order valence-corrected chi connectivity index (χ0v) is 21.1. The molecular weight excluding hydrogens is 478 g/mol. The van der Waals surface area contributed by atoms with Gasteiger partial charge in [0.25, 0.3) is 0 Å². The van der Waals surface area contributed by atoms with Gasteiger partial charge in [-0.25, -0.2) is 0 Å². The van der Waals surface area contributed by atoms with Crippen LogP contribution in [0, 0.1) is 10.8 Å². The van der Waals surface area contributed by atoms with Gasteiger partial charge in [0.15, 0.2) is 0 Å². The summed E-state index contributed by atoms with van der Waals surface area (Å²) in [7, 11) is 0. The molecular formula is C26H33N5O4S. The van der Waals surface area contributed by atoms with Gasteiger partial charge >= 0.3 is 0 Å². The Labute approximate surface area is 214 Å². The average molecular weight is 512 g/mol. The molecule has 1 saturated carbocycles. The molecule has 1 aliphatic heterocycles. The first-order valence-corrected chi connectivity index (χ1v) is 13.2. The highest BCUT2D eigenvalue weighted by Gasteiger charge is 2.51. The molecule has 1 unspecified atom stereocenters. The SMILES string of the molecule is N=C(N)c1csc(CNC(=O)C2CC3(CCC3)CN2C(=O)CNC(=O)CCCOc2ccccc2)c1. The predicted molar refractivity (Wildman–Crippen MR) is 138 cm³/mol. The zero-order chi connectivity index (χ0) is 25.5. The van der Waals surface area contributed by atoms with Crippen molar-refractivity contribution in [1.82, 2.24) is 15.5 Å². The van der Waals surface area contributed by atoms with Gasteiger partial charge in [-0.2, -0.15) is 0 Å². The van der Waals surface area contributed by atoms with Gasteiger partial charge in [-0.05, 0) is 49.3 Å². The molecule has 9 nitrogen and oxygen atoms in total. The maximum atomic E-state index is 13.1. The molecule has 1 saturated heterocycles. The third-order valence-corrected chi connectivity index (χ3v) is 7.88. The van der Waals surface area contributed by atoms with Gasteiger partial charge in [0, 0.05) is 28.8 Å². The van der Waals surface area contributed by atoms with Crippen LogP contribution in [0.3, 0.4) is 0 Å². The minimum Gasteiger partial charge on any atom is -0.494 e. The Hall–Kier alpha value is -3.40. The summed E-state index contributed by atoms with van der Waals surface area (Å²) < 4.78 is 5.60. The Morgan fingerprint density at radius 2 is 1.97 bits per heavy atom. The smallest absolute Gasteiger partial charge is 0.243 e. The van der Waals surface area contributed by atoms with Crippen LogP contribution in [-0.2, 0) is 20.9 Å². The van der Waals surface area contributed by atoms with Gasteiger partial charge in [0.2, 0.25) is 17.7 Å². The summed E-state index contributed by atoms with van der Waals surface area (Å²) in [6.45, 7) is 1.17. The zero-order valence-electron chi connectivity index (χ0n) is 20.3. The molecule has 2 aliphatic rings. The summed E-state index contributed by atoms with van der Waals surface area (Å²) >= 11 is 1.43. The van der Waals surface area contributed by atoms with Crippen LogP contribution in [0.15, 0.2) is 41.8 Å². The average Bonchev–Trinajstić information content (AvgIpc) is 3.50. The Morgan fingerprint density at radius 1 is 1.19 bits per heavy atom. The molecule has 5 N–H and O–H groups in total. The van der Waals surface area contributed by atoms with E-state index in [2.05, 4.69) is 10.6 Å². The van der Waals surface area contributed by atoms with Crippen molar-refractivity contribution in [1.29, 1.82) is 5.41 Å². The number of ether oxygens (including phenoxy) is 1. The van der Waals surface area contributed by atoms with Crippen molar-refractivity contribution < 1.29 is 19.1 Å². The van der Waals surface area contributed by atoms with Crippen LogP contribution in [0.4, 0.5) is 0 Å². The number of carbonyl (C=O) groups is 3. The second kappa shape index (κ2) is 11.6. The number of thiophene rings is 1. The fourth-order valence-corrected chi connectivity index (χ4v) is 5.63. The van der Waals surface area contributed by atoms with Gasteiger partial charge in [-0.1, -0.05) is 24.6 Å². The van der Waals surface area contributed by atoms with Gasteiger partial charge in [-0.3, -0.25) is 19.8 Å². The number of nitrogens with two attached hydrogens (primary N) is 1. The molecule has 1 aliphatic carbocycles. The lowest BCUT2D eigenvalue weighted by atomic mass is 9.67. The van der Waals surface area contributed by atoms with Gasteiger partial charge in [-0.15, -0.1) is 11.3 Å². The van der Waals surface area contributed by atoms with E-state index < -0.39 is 6.04 Å². The Morgan fingerprint density at radius 3 is 2.64 bits per heavy atom. The summed E-state index contributed by atoms with van der Waals surface area (Å²) in [5.74, 6) is 0.124. The number of nitrogens with one attached hydrogen (secondary N) is 3. The van der Waals surface area contributed by atoms with Crippen molar-refractivity contribution in [3.05, 3.63) is 52.2 Å². The van der Waals surface area contributed by atoms with Crippen LogP contribution in [-0.4, -0.2) is 54.2 Å². The minimum atomic E-state index is -0.541. The van der Waals surface area contributed by atoms with Crippen molar-refractivity contribution in [3.63, 3.8) is 0 Å². The minimum absolute atomic E-state index is 0.00548. The maximum Gasteiger partial charge on any atom is 0.243 e. The van der Waals surface area contributed by atoms with Gasteiger partial charge < -0.3 is 26.0 Å². The summed E-state index contributed by atoms with van der Waals surface area (Å²) in [5.41, 5.74) is 6.17. The monoisotopic (exact) mass is 511 g/mol. The lowest BCUT2D eigenvalue weighted by Gasteiger charge is -2.37. The van der Waals surface area contributed by atoms with Crippen LogP contribution >= 0.6 is 11.3 Å². The van der Waals surface area contributed by atoms with E-state index >= 15 is 0 Å². The molecule has 2 aromatic rings. The number of para-hydroxylation sites is 1. The predicted octanol–water partition coefficient (Wildman–Crippen LogP) is 2.39. The second-order valence-electron chi connectivity index (χ2n) is 9.57. The first-order chi connectivity index (χ1) is 17.3. The molecule has 1 atom stereocenters. The van der Waals surface area contributed by atoms with E-state index in [1.165, 1.54) is 11.3 Å². The number of hydrogen-bond acceptors (Lipinski definition) is 6. The number of amides is 3. The number of amidine groups is 1. The number of carbonyl (C=O) groups excluding carboxylic acids is 3. The highest BCUT2D eigenvalue weighted by atomic mass is 32.1. The van der Waals surface area contributed by atoms with Gasteiger partial charge in [0.1, 0.15) is 17.6 Å². The van der Waals surface area contributed by atoms with Crippen LogP contribution in [0.2, 0.25) is 0 Å². The lowest BCUT2D eigenvalue weighted by Crippen LogP contribution is -2.49. The molecule has 1 spiro atoms. The molecule has 1 aromatic heterocycles. The van der Waals surface area contributed by atoms with Crippen LogP contribution < -0.4 is 21.1 Å². The number of likely N-dealkylation sites (tertiary alicyclic amines) is 1. The highest BCUT2D eigenvalue weighted by molar-refractivity contribution is 7.10. The summed E-state index contributed by atoms with van der Waals surface area (Å²) in [5, 5.41) is 14.9. The molecule has 2 heterocycles. The quantitative estimate of drug-likeness (QED) is 0.209. The highest BCUT2D eigenvalue weighted by Crippen LogP contribution is 2.50. The lowest BCUT2D eigenvalue weighted by molar-refractivity contribution is -0.138. The van der Waals surface area contributed by atoms with Crippen LogP contribution in [0.1, 0.15) is 49.0 Å². The Balaban J connectivity index is 1.24. The Kier molecular flexibility index (Phi) is 8.25. The summed E-state index contributed by atoms with van der Waals surface area (Å²) in [6.07, 6.45) is 4.60. The molecule has 2 fully saturated rings. The third-order valence-electron chi connectivity index (χ3n) is 6.94. The van der Waals surface area contributed by atoms with E-state index in [1.807, 2.05) is 30.3 Å². The normalized spacial score (nSPS) is 17.9. The van der Waals surface area contributed by atoms with Crippen molar-refractivity contribution in [2.24, 2.45) is 11.1 Å². The molecule has 36 heavy (non-hydrogen) atoms. The molecule has 0 radical (unpaired) electrons. The first kappa shape index (κ1) is 25.7. The maximum absolute atomic E-state index is 13.1. The van der Waals surface area contributed by atoms with Crippen molar-refractivity contribution >= 4 is 34.9 Å². The second-order valence-corrected chi connectivity index (χ2v) is 10.6. The topological polar surface area (TPSA) is 138 Å². The van der Waals surface area contributed by atoms with Crippen molar-refractivity contribution in [2.75, 3.05) is 19.7 Å². The molecule has 4 rings (SSSR count). The van der Waals surface area contributed by atoms with Crippen LogP contribution in [0.25, 0.3) is 0 Å². The largest absolute Gasteiger partial charge is 0.494 e. The van der Waals surface area contributed by atoms with E-state index in [1.54, 1.807) is 16.3 Å². The molecule has 3 amide bonds. The fourth-order valence-electron chi connectivity index (χ4n) is 4.80. The number of rotatable bonds is 11.